The van der Waals surface area contributed by atoms with Gasteiger partial charge in [0.15, 0.2) is 0 Å². The number of benzene rings is 2. The molecule has 1 aromatic heterocycles. The van der Waals surface area contributed by atoms with E-state index in [2.05, 4.69) is 33.2 Å². The van der Waals surface area contributed by atoms with Crippen molar-refractivity contribution >= 4 is 34.6 Å². The number of nitrogens with one attached hydrogen (secondary N) is 5. The Morgan fingerprint density at radius 2 is 1.74 bits per heavy atom. The number of aromatic nitrogens is 2. The third-order valence-electron chi connectivity index (χ3n) is 10.1. The van der Waals surface area contributed by atoms with Crippen LogP contribution in [0.25, 0.3) is 11.0 Å². The van der Waals surface area contributed by atoms with E-state index >= 15 is 0 Å². The first-order valence-corrected chi connectivity index (χ1v) is 17.3. The van der Waals surface area contributed by atoms with E-state index in [4.69, 9.17) is 21.3 Å². The van der Waals surface area contributed by atoms with Crippen LogP contribution in [-0.2, 0) is 14.9 Å². The Morgan fingerprint density at radius 3 is 2.36 bits per heavy atom. The van der Waals surface area contributed by atoms with Crippen LogP contribution < -0.4 is 21.3 Å². The van der Waals surface area contributed by atoms with Gasteiger partial charge in [-0.25, -0.2) is 9.78 Å². The minimum absolute atomic E-state index is 0.0652. The number of aromatic amines is 1. The number of nitrogens with zero attached hydrogens (tertiary/aromatic N) is 1. The quantitative estimate of drug-likeness (QED) is 0.138. The Bertz CT molecular complexity index is 1560. The molecule has 0 spiro atoms. The standard InChI is InChI=1S/C36H51ClN6O4/c1-7-38-31(44)29(34(3,4)5)43-32(45)36(17-19-47-20-18-36)22-13-14-25-26(21-22)41-30(40-25)28(42-33(46)39-8-2)27(35(6)15-16-35)23-11-9-10-12-24(23)37/h9-14,21,27-29,31,38,44H,7-8,15-20H2,1-6H3,(H,40,41)(H,43,45)(H2,39,42,46)/t27-,28-,29-,31?/m0/s1. The van der Waals surface area contributed by atoms with E-state index in [-0.39, 0.29) is 23.3 Å². The Labute approximate surface area is 283 Å². The molecule has 5 rings (SSSR count). The molecule has 256 valence electrons. The van der Waals surface area contributed by atoms with E-state index in [9.17, 15) is 14.7 Å². The van der Waals surface area contributed by atoms with E-state index in [1.807, 2.05) is 77.1 Å². The first-order chi connectivity index (χ1) is 22.3. The van der Waals surface area contributed by atoms with E-state index in [1.54, 1.807) is 0 Å². The molecule has 2 fully saturated rings. The van der Waals surface area contributed by atoms with Gasteiger partial charge in [0.2, 0.25) is 5.91 Å². The van der Waals surface area contributed by atoms with Crippen molar-refractivity contribution < 1.29 is 19.4 Å². The van der Waals surface area contributed by atoms with Crippen LogP contribution in [0.2, 0.25) is 5.02 Å². The lowest BCUT2D eigenvalue weighted by Gasteiger charge is -2.41. The number of carbonyl (C=O) groups excluding carboxylic acids is 2. The third kappa shape index (κ3) is 7.46. The van der Waals surface area contributed by atoms with Crippen LogP contribution in [0.4, 0.5) is 4.79 Å². The van der Waals surface area contributed by atoms with Gasteiger partial charge < -0.3 is 30.8 Å². The van der Waals surface area contributed by atoms with Crippen molar-refractivity contribution in [2.45, 2.75) is 96.9 Å². The fourth-order valence-corrected chi connectivity index (χ4v) is 7.32. The van der Waals surface area contributed by atoms with Gasteiger partial charge in [-0.3, -0.25) is 10.1 Å². The summed E-state index contributed by atoms with van der Waals surface area (Å²) in [6.45, 7) is 14.1. The molecule has 6 N–H and O–H groups in total. The van der Waals surface area contributed by atoms with Crippen LogP contribution in [-0.4, -0.2) is 65.6 Å². The van der Waals surface area contributed by atoms with Crippen LogP contribution in [0.1, 0.15) is 96.1 Å². The van der Waals surface area contributed by atoms with Gasteiger partial charge >= 0.3 is 6.03 Å². The number of urea groups is 1. The molecule has 0 radical (unpaired) electrons. The molecule has 10 nitrogen and oxygen atoms in total. The van der Waals surface area contributed by atoms with Gasteiger partial charge in [-0.05, 0) is 79.3 Å². The number of fused-ring (bicyclic) bond motifs is 1. The maximum atomic E-state index is 14.3. The normalized spacial score (nSPS) is 19.7. The van der Waals surface area contributed by atoms with Crippen molar-refractivity contribution in [3.05, 3.63) is 64.4 Å². The molecule has 1 aliphatic heterocycles. The lowest BCUT2D eigenvalue weighted by atomic mass is 9.72. The predicted octanol–water partition coefficient (Wildman–Crippen LogP) is 5.67. The highest BCUT2D eigenvalue weighted by Crippen LogP contribution is 2.60. The molecule has 3 amide bonds. The Hall–Kier alpha value is -3.18. The zero-order valence-corrected chi connectivity index (χ0v) is 29.3. The zero-order chi connectivity index (χ0) is 34.0. The topological polar surface area (TPSA) is 140 Å². The van der Waals surface area contributed by atoms with E-state index in [0.29, 0.717) is 50.0 Å². The maximum Gasteiger partial charge on any atom is 0.315 e. The lowest BCUT2D eigenvalue weighted by Crippen LogP contribution is -2.60. The number of hydrogen-bond acceptors (Lipinski definition) is 6. The largest absolute Gasteiger partial charge is 0.381 e. The van der Waals surface area contributed by atoms with Crippen molar-refractivity contribution in [2.24, 2.45) is 10.8 Å². The van der Waals surface area contributed by atoms with Crippen molar-refractivity contribution in [1.82, 2.24) is 31.2 Å². The van der Waals surface area contributed by atoms with Crippen molar-refractivity contribution in [3.8, 4) is 0 Å². The molecule has 1 saturated carbocycles. The average molecular weight is 667 g/mol. The van der Waals surface area contributed by atoms with Gasteiger partial charge in [0, 0.05) is 30.7 Å². The lowest BCUT2D eigenvalue weighted by molar-refractivity contribution is -0.133. The summed E-state index contributed by atoms with van der Waals surface area (Å²) in [7, 11) is 0. The molecule has 2 heterocycles. The van der Waals surface area contributed by atoms with Gasteiger partial charge in [0.05, 0.1) is 28.5 Å². The highest BCUT2D eigenvalue weighted by molar-refractivity contribution is 6.31. The third-order valence-corrected chi connectivity index (χ3v) is 10.4. The first-order valence-electron chi connectivity index (χ1n) is 16.9. The number of hydrogen-bond donors (Lipinski definition) is 6. The van der Waals surface area contributed by atoms with Gasteiger partial charge in [0.25, 0.3) is 0 Å². The molecule has 1 saturated heterocycles. The number of ether oxygens (including phenoxy) is 1. The highest BCUT2D eigenvalue weighted by atomic mass is 35.5. The van der Waals surface area contributed by atoms with E-state index in [0.717, 1.165) is 35.0 Å². The Morgan fingerprint density at radius 1 is 1.04 bits per heavy atom. The van der Waals surface area contributed by atoms with Crippen molar-refractivity contribution in [3.63, 3.8) is 0 Å². The smallest absolute Gasteiger partial charge is 0.315 e. The van der Waals surface area contributed by atoms with E-state index < -0.39 is 29.1 Å². The summed E-state index contributed by atoms with van der Waals surface area (Å²) in [4.78, 5) is 35.9. The summed E-state index contributed by atoms with van der Waals surface area (Å²) < 4.78 is 5.73. The van der Waals surface area contributed by atoms with Crippen LogP contribution in [0.15, 0.2) is 42.5 Å². The fourth-order valence-electron chi connectivity index (χ4n) is 7.07. The monoisotopic (exact) mass is 666 g/mol. The second-order valence-electron chi connectivity index (χ2n) is 14.5. The van der Waals surface area contributed by atoms with Gasteiger partial charge in [0.1, 0.15) is 12.1 Å². The fraction of sp³-hybridized carbons (Fsp3) is 0.583. The number of aliphatic hydroxyl groups is 1. The molecule has 1 aliphatic carbocycles. The van der Waals surface area contributed by atoms with Gasteiger partial charge in [-0.1, -0.05) is 70.5 Å². The Balaban J connectivity index is 1.55. The molecule has 2 aliphatic rings. The van der Waals surface area contributed by atoms with Gasteiger partial charge in [-0.15, -0.1) is 0 Å². The van der Waals surface area contributed by atoms with Crippen LogP contribution >= 0.6 is 11.6 Å². The molecular weight excluding hydrogens is 616 g/mol. The average Bonchev–Trinajstić information content (AvgIpc) is 3.62. The number of H-pyrrole nitrogens is 1. The number of likely N-dealkylation sites (N-methyl/N-ethyl adjacent to an activating group) is 1. The van der Waals surface area contributed by atoms with Gasteiger partial charge in [-0.2, -0.15) is 0 Å². The molecule has 11 heteroatoms. The van der Waals surface area contributed by atoms with Crippen LogP contribution in [0, 0.1) is 10.8 Å². The second-order valence-corrected chi connectivity index (χ2v) is 14.9. The number of halogens is 1. The number of imidazole rings is 1. The summed E-state index contributed by atoms with van der Waals surface area (Å²) in [5.74, 6) is 0.380. The summed E-state index contributed by atoms with van der Waals surface area (Å²) in [6.07, 6.45) is 2.14. The predicted molar refractivity (Wildman–Crippen MR) is 185 cm³/mol. The van der Waals surface area contributed by atoms with Crippen molar-refractivity contribution in [2.75, 3.05) is 26.3 Å². The van der Waals surface area contributed by atoms with Crippen LogP contribution in [0.5, 0.6) is 0 Å². The molecular formula is C36H51ClN6O4. The van der Waals surface area contributed by atoms with E-state index in [1.165, 1.54) is 0 Å². The molecule has 0 bridgehead atoms. The van der Waals surface area contributed by atoms with Crippen LogP contribution in [0.3, 0.4) is 0 Å². The molecule has 2 aromatic carbocycles. The minimum Gasteiger partial charge on any atom is -0.381 e. The van der Waals surface area contributed by atoms with Crippen molar-refractivity contribution in [1.29, 1.82) is 0 Å². The Kier molecular flexibility index (Phi) is 10.6. The summed E-state index contributed by atoms with van der Waals surface area (Å²) in [5, 5.41) is 24.0. The summed E-state index contributed by atoms with van der Waals surface area (Å²) in [5.41, 5.74) is 2.03. The number of carbonyl (C=O) groups is 2. The number of amides is 3. The zero-order valence-electron chi connectivity index (χ0n) is 28.5. The molecule has 47 heavy (non-hydrogen) atoms. The maximum absolute atomic E-state index is 14.3. The first kappa shape index (κ1) is 35.1. The molecule has 1 unspecified atom stereocenters. The minimum atomic E-state index is -0.896. The SMILES string of the molecule is CCNC(=O)N[C@H](c1nc2ccc(C3(C(=O)N[C@@H](C(O)NCC)C(C)(C)C)CCOCC3)cc2[nH]1)[C@H](c1ccccc1Cl)C1(C)CC1. The molecule has 3 aromatic rings. The second kappa shape index (κ2) is 14.1. The summed E-state index contributed by atoms with van der Waals surface area (Å²) in [6, 6.07) is 12.5. The number of rotatable bonds is 12. The highest BCUT2D eigenvalue weighted by Gasteiger charge is 2.51. The number of aliphatic hydroxyl groups excluding tert-OH is 1. The summed E-state index contributed by atoms with van der Waals surface area (Å²) >= 11 is 6.79. The molecule has 4 atom stereocenters.